The first kappa shape index (κ1) is 25.7. The van der Waals surface area contributed by atoms with Crippen molar-refractivity contribution >= 4 is 36.4 Å². The molecule has 6 nitrogen and oxygen atoms in total. The molecular formula is C29H31N2O4PS. The molecule has 0 bridgehead atoms. The van der Waals surface area contributed by atoms with Gasteiger partial charge >= 0.3 is 0 Å². The maximum absolute atomic E-state index is 13.7. The number of benzene rings is 3. The second-order valence-corrected chi connectivity index (χ2v) is 10.8. The average molecular weight is 535 g/mol. The van der Waals surface area contributed by atoms with Crippen molar-refractivity contribution in [1.29, 1.82) is 0 Å². The van der Waals surface area contributed by atoms with Gasteiger partial charge in [-0.25, -0.2) is 0 Å². The van der Waals surface area contributed by atoms with Gasteiger partial charge in [-0.1, -0.05) is 0 Å². The van der Waals surface area contributed by atoms with Crippen LogP contribution in [0.5, 0.6) is 17.2 Å². The van der Waals surface area contributed by atoms with Crippen LogP contribution in [0.4, 0.5) is 0 Å². The Kier molecular flexibility index (Phi) is 8.06. The van der Waals surface area contributed by atoms with E-state index in [1.165, 1.54) is 11.3 Å². The van der Waals surface area contributed by atoms with Crippen molar-refractivity contribution in [3.8, 4) is 27.7 Å². The molecule has 2 heterocycles. The van der Waals surface area contributed by atoms with Gasteiger partial charge in [0.2, 0.25) is 0 Å². The molecular weight excluding hydrogens is 503 g/mol. The van der Waals surface area contributed by atoms with E-state index in [1.54, 1.807) is 42.5 Å². The van der Waals surface area contributed by atoms with Gasteiger partial charge in [0, 0.05) is 65.4 Å². The van der Waals surface area contributed by atoms with Crippen molar-refractivity contribution in [2.75, 3.05) is 52.0 Å². The van der Waals surface area contributed by atoms with Crippen molar-refractivity contribution in [3.05, 3.63) is 77.9 Å². The molecule has 0 radical (unpaired) electrons. The third-order valence-corrected chi connectivity index (χ3v) is 8.19. The molecule has 1 unspecified atom stereocenters. The van der Waals surface area contributed by atoms with E-state index >= 15 is 0 Å². The topological polar surface area (TPSA) is 73.2 Å². The number of aromatic hydroxyl groups is 2. The number of ketones is 1. The van der Waals surface area contributed by atoms with Crippen LogP contribution in [0.1, 0.15) is 15.9 Å². The van der Waals surface area contributed by atoms with Crippen LogP contribution in [0.15, 0.2) is 66.7 Å². The number of hydrogen-bond donors (Lipinski definition) is 2. The summed E-state index contributed by atoms with van der Waals surface area (Å²) in [5.41, 5.74) is 2.02. The van der Waals surface area contributed by atoms with Crippen molar-refractivity contribution in [2.45, 2.75) is 0 Å². The molecule has 0 spiro atoms. The normalized spacial score (nSPS) is 14.7. The molecule has 5 rings (SSSR count). The Labute approximate surface area is 223 Å². The summed E-state index contributed by atoms with van der Waals surface area (Å²) in [6.45, 7) is 6.98. The van der Waals surface area contributed by atoms with E-state index in [0.29, 0.717) is 17.7 Å². The maximum atomic E-state index is 13.7. The van der Waals surface area contributed by atoms with Gasteiger partial charge in [-0.05, 0) is 78.5 Å². The molecule has 3 aromatic carbocycles. The third-order valence-electron chi connectivity index (χ3n) is 6.73. The van der Waals surface area contributed by atoms with Crippen LogP contribution in [0.3, 0.4) is 0 Å². The Bertz CT molecular complexity index is 1360. The lowest BCUT2D eigenvalue weighted by Gasteiger charge is -2.34. The first-order valence-corrected chi connectivity index (χ1v) is 14.1. The minimum absolute atomic E-state index is 0.0880. The van der Waals surface area contributed by atoms with Crippen LogP contribution in [-0.2, 0) is 0 Å². The molecule has 192 valence electrons. The maximum Gasteiger partial charge on any atom is 0.195 e. The lowest BCUT2D eigenvalue weighted by Crippen LogP contribution is -2.47. The van der Waals surface area contributed by atoms with Crippen molar-refractivity contribution < 1.29 is 19.7 Å². The van der Waals surface area contributed by atoms with E-state index in [1.807, 2.05) is 24.3 Å². The lowest BCUT2D eigenvalue weighted by atomic mass is 9.97. The Morgan fingerprint density at radius 2 is 1.51 bits per heavy atom. The molecule has 1 aliphatic heterocycles. The lowest BCUT2D eigenvalue weighted by molar-refractivity contribution is 0.104. The van der Waals surface area contributed by atoms with Crippen LogP contribution >= 0.6 is 20.6 Å². The van der Waals surface area contributed by atoms with E-state index < -0.39 is 0 Å². The van der Waals surface area contributed by atoms with E-state index in [9.17, 15) is 15.0 Å². The van der Waals surface area contributed by atoms with Gasteiger partial charge in [0.25, 0.3) is 0 Å². The summed E-state index contributed by atoms with van der Waals surface area (Å²) in [5.74, 6) is 0.990. The zero-order chi connectivity index (χ0) is 25.8. The standard InChI is InChI=1S/C29H31N2O4PS/c32-22-5-1-21(2-6-22)29-27(25-10-7-23(33)19-26(25)37-29)28(34)20-3-8-24(9-4-20)35-17-15-30-11-13-31(14-12-30)16-18-36/h1-10,19,32-33H,11-18,36H2. The molecule has 1 atom stereocenters. The molecule has 8 heteroatoms. The van der Waals surface area contributed by atoms with Gasteiger partial charge in [-0.3, -0.25) is 9.69 Å². The summed E-state index contributed by atoms with van der Waals surface area (Å²) in [7, 11) is 2.80. The molecule has 1 aliphatic rings. The zero-order valence-corrected chi connectivity index (χ0v) is 22.6. The smallest absolute Gasteiger partial charge is 0.195 e. The van der Waals surface area contributed by atoms with Gasteiger partial charge in [0.15, 0.2) is 5.78 Å². The molecule has 0 amide bonds. The van der Waals surface area contributed by atoms with Gasteiger partial charge < -0.3 is 19.8 Å². The monoisotopic (exact) mass is 534 g/mol. The van der Waals surface area contributed by atoms with Crippen LogP contribution in [0, 0.1) is 0 Å². The summed E-state index contributed by atoms with van der Waals surface area (Å²) < 4.78 is 6.81. The molecule has 37 heavy (non-hydrogen) atoms. The van der Waals surface area contributed by atoms with Crippen molar-refractivity contribution in [3.63, 3.8) is 0 Å². The number of rotatable bonds is 9. The number of ether oxygens (including phenoxy) is 1. The van der Waals surface area contributed by atoms with Gasteiger partial charge in [0.1, 0.15) is 23.9 Å². The summed E-state index contributed by atoms with van der Waals surface area (Å²) in [6, 6.07) is 19.2. The van der Waals surface area contributed by atoms with E-state index in [2.05, 4.69) is 19.0 Å². The minimum Gasteiger partial charge on any atom is -0.508 e. The molecule has 1 aromatic heterocycles. The number of piperazine rings is 1. The number of carbonyl (C=O) groups excluding carboxylic acids is 1. The number of phenols is 2. The van der Waals surface area contributed by atoms with E-state index in [4.69, 9.17) is 4.74 Å². The molecule has 1 saturated heterocycles. The number of thiophene rings is 1. The number of nitrogens with zero attached hydrogens (tertiary/aromatic N) is 2. The summed E-state index contributed by atoms with van der Waals surface area (Å²) in [5, 5.41) is 20.5. The minimum atomic E-state index is -0.0880. The second-order valence-electron chi connectivity index (χ2n) is 9.21. The van der Waals surface area contributed by atoms with Crippen molar-refractivity contribution in [2.24, 2.45) is 0 Å². The Balaban J connectivity index is 1.29. The predicted octanol–water partition coefficient (Wildman–Crippen LogP) is 5.08. The molecule has 0 saturated carbocycles. The fraction of sp³-hybridized carbons (Fsp3) is 0.276. The van der Waals surface area contributed by atoms with Crippen LogP contribution in [0.25, 0.3) is 20.5 Å². The van der Waals surface area contributed by atoms with E-state index in [-0.39, 0.29) is 17.3 Å². The Morgan fingerprint density at radius 1 is 0.865 bits per heavy atom. The number of carbonyl (C=O) groups is 1. The van der Waals surface area contributed by atoms with Crippen LogP contribution in [-0.4, -0.2) is 77.8 Å². The van der Waals surface area contributed by atoms with Gasteiger partial charge in [-0.2, -0.15) is 0 Å². The van der Waals surface area contributed by atoms with E-state index in [0.717, 1.165) is 71.7 Å². The first-order valence-electron chi connectivity index (χ1n) is 12.5. The second kappa shape index (κ2) is 11.6. The SMILES string of the molecule is O=C(c1ccc(OCCN2CCN(CCP)CC2)cc1)c1c(-c2ccc(O)cc2)sc2cc(O)ccc12. The van der Waals surface area contributed by atoms with Gasteiger partial charge in [0.05, 0.1) is 0 Å². The average Bonchev–Trinajstić information content (AvgIpc) is 3.29. The van der Waals surface area contributed by atoms with Crippen molar-refractivity contribution in [1.82, 2.24) is 9.80 Å². The zero-order valence-electron chi connectivity index (χ0n) is 20.6. The summed E-state index contributed by atoms with van der Waals surface area (Å²) >= 11 is 1.45. The number of phenolic OH excluding ortho intramolecular Hbond substituents is 2. The largest absolute Gasteiger partial charge is 0.508 e. The molecule has 4 aromatic rings. The predicted molar refractivity (Wildman–Crippen MR) is 153 cm³/mol. The highest BCUT2D eigenvalue weighted by Crippen LogP contribution is 2.41. The quantitative estimate of drug-likeness (QED) is 0.231. The highest BCUT2D eigenvalue weighted by molar-refractivity contribution is 7.22. The molecule has 2 N–H and O–H groups in total. The summed E-state index contributed by atoms with van der Waals surface area (Å²) in [4.78, 5) is 19.4. The summed E-state index contributed by atoms with van der Waals surface area (Å²) in [6.07, 6.45) is 1.12. The third kappa shape index (κ3) is 5.97. The molecule has 0 aliphatic carbocycles. The Hall–Kier alpha value is -2.96. The number of hydrogen-bond acceptors (Lipinski definition) is 7. The Morgan fingerprint density at radius 3 is 2.19 bits per heavy atom. The van der Waals surface area contributed by atoms with Crippen LogP contribution in [0.2, 0.25) is 0 Å². The highest BCUT2D eigenvalue weighted by Gasteiger charge is 2.22. The number of fused-ring (bicyclic) bond motifs is 1. The van der Waals surface area contributed by atoms with Crippen LogP contribution < -0.4 is 4.74 Å². The fourth-order valence-electron chi connectivity index (χ4n) is 4.69. The fourth-order valence-corrected chi connectivity index (χ4v) is 6.29. The first-order chi connectivity index (χ1) is 18.0. The highest BCUT2D eigenvalue weighted by atomic mass is 32.1. The molecule has 1 fully saturated rings. The van der Waals surface area contributed by atoms with Gasteiger partial charge in [-0.15, -0.1) is 20.6 Å².